The molecule has 0 spiro atoms. The highest BCUT2D eigenvalue weighted by Gasteiger charge is 2.49. The Hall–Kier alpha value is -1.15. The van der Waals surface area contributed by atoms with Gasteiger partial charge in [-0.2, -0.15) is 12.7 Å². The van der Waals surface area contributed by atoms with Crippen molar-refractivity contribution in [1.29, 1.82) is 0 Å². The van der Waals surface area contributed by atoms with Crippen molar-refractivity contribution in [3.05, 3.63) is 29.8 Å². The van der Waals surface area contributed by atoms with Gasteiger partial charge in [-0.25, -0.2) is 0 Å². The van der Waals surface area contributed by atoms with E-state index in [1.807, 2.05) is 33.8 Å². The molecule has 0 bridgehead atoms. The van der Waals surface area contributed by atoms with Crippen LogP contribution in [0.3, 0.4) is 0 Å². The molecule has 6 nitrogen and oxygen atoms in total. The zero-order chi connectivity index (χ0) is 17.5. The third-order valence-electron chi connectivity index (χ3n) is 4.51. The Morgan fingerprint density at radius 3 is 2.26 bits per heavy atom. The van der Waals surface area contributed by atoms with E-state index in [4.69, 9.17) is 9.47 Å². The van der Waals surface area contributed by atoms with Crippen LogP contribution >= 0.6 is 0 Å². The summed E-state index contributed by atoms with van der Waals surface area (Å²) in [7, 11) is -2.02. The van der Waals surface area contributed by atoms with Crippen molar-refractivity contribution in [1.82, 2.24) is 4.31 Å². The van der Waals surface area contributed by atoms with Crippen molar-refractivity contribution in [3.63, 3.8) is 0 Å². The van der Waals surface area contributed by atoms with E-state index in [1.54, 1.807) is 25.1 Å². The number of anilines is 1. The Kier molecular flexibility index (Phi) is 4.79. The van der Waals surface area contributed by atoms with Crippen LogP contribution in [0.1, 0.15) is 46.5 Å². The van der Waals surface area contributed by atoms with Crippen molar-refractivity contribution in [2.75, 3.05) is 18.3 Å². The fourth-order valence-corrected chi connectivity index (χ4v) is 3.05. The van der Waals surface area contributed by atoms with Crippen LogP contribution in [0, 0.1) is 0 Å². The third kappa shape index (κ3) is 3.68. The average Bonchev–Trinajstić information content (AvgIpc) is 2.66. The average molecular weight is 342 g/mol. The first-order valence-electron chi connectivity index (χ1n) is 7.68. The lowest BCUT2D eigenvalue weighted by atomic mass is 9.90. The summed E-state index contributed by atoms with van der Waals surface area (Å²) in [5.41, 5.74) is 0.395. The van der Waals surface area contributed by atoms with Crippen molar-refractivity contribution >= 4 is 15.9 Å². The summed E-state index contributed by atoms with van der Waals surface area (Å²) in [5.74, 6) is 0. The van der Waals surface area contributed by atoms with E-state index in [9.17, 15) is 8.42 Å². The van der Waals surface area contributed by atoms with Gasteiger partial charge in [-0.15, -0.1) is 0 Å². The van der Waals surface area contributed by atoms with Crippen molar-refractivity contribution in [2.45, 2.75) is 52.1 Å². The van der Waals surface area contributed by atoms with Crippen LogP contribution < -0.4 is 4.72 Å². The van der Waals surface area contributed by atoms with Gasteiger partial charge in [0, 0.05) is 19.2 Å². The number of nitrogens with zero attached hydrogens (tertiary/aromatic N) is 1. The van der Waals surface area contributed by atoms with E-state index in [2.05, 4.69) is 4.72 Å². The van der Waals surface area contributed by atoms with Gasteiger partial charge in [0.25, 0.3) is 0 Å². The molecule has 0 atom stereocenters. The maximum atomic E-state index is 12.1. The Balaban J connectivity index is 2.22. The van der Waals surface area contributed by atoms with E-state index in [0.29, 0.717) is 12.2 Å². The predicted molar refractivity (Wildman–Crippen MR) is 90.4 cm³/mol. The minimum atomic E-state index is -3.55. The molecule has 0 amide bonds. The molecule has 1 aliphatic heterocycles. The topological polar surface area (TPSA) is 67.9 Å². The molecule has 0 aliphatic carbocycles. The van der Waals surface area contributed by atoms with E-state index in [1.165, 1.54) is 11.4 Å². The largest absolute Gasteiger partial charge is 0.339 e. The molecule has 0 radical (unpaired) electrons. The van der Waals surface area contributed by atoms with Crippen LogP contribution in [-0.4, -0.2) is 37.5 Å². The summed E-state index contributed by atoms with van der Waals surface area (Å²) in [6, 6.07) is 7.09. The monoisotopic (exact) mass is 342 g/mol. The second-order valence-corrected chi connectivity index (χ2v) is 8.51. The second kappa shape index (κ2) is 6.05. The normalized spacial score (nSPS) is 20.8. The molecular formula is C16H26N2O4S. The van der Waals surface area contributed by atoms with Crippen LogP contribution in [0.2, 0.25) is 0 Å². The highest BCUT2D eigenvalue weighted by Crippen LogP contribution is 2.44. The molecule has 1 aromatic rings. The molecule has 1 N–H and O–H groups in total. The van der Waals surface area contributed by atoms with Gasteiger partial charge in [-0.1, -0.05) is 19.1 Å². The molecule has 1 aliphatic rings. The fourth-order valence-electron chi connectivity index (χ4n) is 2.12. The highest BCUT2D eigenvalue weighted by atomic mass is 32.2. The van der Waals surface area contributed by atoms with Crippen LogP contribution in [0.5, 0.6) is 0 Å². The lowest BCUT2D eigenvalue weighted by Gasteiger charge is -2.30. The quantitative estimate of drug-likeness (QED) is 0.893. The van der Waals surface area contributed by atoms with Gasteiger partial charge in [0.1, 0.15) is 0 Å². The molecule has 0 aromatic heterocycles. The van der Waals surface area contributed by atoms with Gasteiger partial charge in [0.2, 0.25) is 0 Å². The van der Waals surface area contributed by atoms with Gasteiger partial charge < -0.3 is 9.47 Å². The first kappa shape index (κ1) is 18.2. The SMILES string of the molecule is CCN(C)S(=O)(=O)Nc1cccc(C2OC(C)(C)C(C)(C)O2)c1. The Morgan fingerprint density at radius 1 is 1.17 bits per heavy atom. The molecule has 130 valence electrons. The summed E-state index contributed by atoms with van der Waals surface area (Å²) in [4.78, 5) is 0. The molecular weight excluding hydrogens is 316 g/mol. The number of ether oxygens (including phenoxy) is 2. The van der Waals surface area contributed by atoms with Gasteiger partial charge in [-0.3, -0.25) is 4.72 Å². The van der Waals surface area contributed by atoms with Crippen LogP contribution in [0.4, 0.5) is 5.69 Å². The lowest BCUT2D eigenvalue weighted by molar-refractivity contribution is -0.0895. The summed E-state index contributed by atoms with van der Waals surface area (Å²) in [6.45, 7) is 10.1. The molecule has 1 fully saturated rings. The standard InChI is InChI=1S/C16H26N2O4S/c1-7-18(6)23(19,20)17-13-10-8-9-12(11-13)14-21-15(2,3)16(4,5)22-14/h8-11,14,17H,7H2,1-6H3. The third-order valence-corrected chi connectivity index (χ3v) is 6.09. The Morgan fingerprint density at radius 2 is 1.74 bits per heavy atom. The second-order valence-electron chi connectivity index (χ2n) is 6.73. The molecule has 23 heavy (non-hydrogen) atoms. The molecule has 1 saturated heterocycles. The van der Waals surface area contributed by atoms with Gasteiger partial charge in [0.05, 0.1) is 16.9 Å². The zero-order valence-corrected chi connectivity index (χ0v) is 15.4. The number of rotatable bonds is 5. The Labute approximate surface area is 139 Å². The molecule has 0 unspecified atom stereocenters. The fraction of sp³-hybridized carbons (Fsp3) is 0.625. The summed E-state index contributed by atoms with van der Waals surface area (Å²) in [5, 5.41) is 0. The van der Waals surface area contributed by atoms with Crippen LogP contribution in [0.25, 0.3) is 0 Å². The molecule has 7 heteroatoms. The maximum Gasteiger partial charge on any atom is 0.301 e. The number of nitrogens with one attached hydrogen (secondary N) is 1. The van der Waals surface area contributed by atoms with E-state index >= 15 is 0 Å². The number of hydrogen-bond acceptors (Lipinski definition) is 4. The number of hydrogen-bond donors (Lipinski definition) is 1. The predicted octanol–water partition coefficient (Wildman–Crippen LogP) is 2.90. The van der Waals surface area contributed by atoms with E-state index in [-0.39, 0.29) is 0 Å². The zero-order valence-electron chi connectivity index (χ0n) is 14.6. The van der Waals surface area contributed by atoms with Crippen molar-refractivity contribution in [3.8, 4) is 0 Å². The number of benzene rings is 1. The first-order valence-corrected chi connectivity index (χ1v) is 9.12. The minimum absolute atomic E-state index is 0.395. The summed E-state index contributed by atoms with van der Waals surface area (Å²) in [6.07, 6.45) is -0.520. The molecule has 0 saturated carbocycles. The smallest absolute Gasteiger partial charge is 0.301 e. The summed E-state index contributed by atoms with van der Waals surface area (Å²) < 4.78 is 40.0. The lowest BCUT2D eigenvalue weighted by Crippen LogP contribution is -2.41. The van der Waals surface area contributed by atoms with Crippen molar-refractivity contribution in [2.24, 2.45) is 0 Å². The molecule has 2 rings (SSSR count). The Bertz CT molecular complexity index is 654. The molecule has 1 heterocycles. The van der Waals surface area contributed by atoms with Gasteiger partial charge in [0.15, 0.2) is 6.29 Å². The van der Waals surface area contributed by atoms with E-state index in [0.717, 1.165) is 5.56 Å². The van der Waals surface area contributed by atoms with Gasteiger partial charge >= 0.3 is 10.2 Å². The highest BCUT2D eigenvalue weighted by molar-refractivity contribution is 7.90. The van der Waals surface area contributed by atoms with Crippen molar-refractivity contribution < 1.29 is 17.9 Å². The van der Waals surface area contributed by atoms with Crippen LogP contribution in [-0.2, 0) is 19.7 Å². The molecule has 1 aromatic carbocycles. The van der Waals surface area contributed by atoms with Gasteiger partial charge in [-0.05, 0) is 39.8 Å². The summed E-state index contributed by atoms with van der Waals surface area (Å²) >= 11 is 0. The van der Waals surface area contributed by atoms with E-state index < -0.39 is 27.7 Å². The minimum Gasteiger partial charge on any atom is -0.339 e. The van der Waals surface area contributed by atoms with Crippen LogP contribution in [0.15, 0.2) is 24.3 Å². The maximum absolute atomic E-state index is 12.1. The first-order chi connectivity index (χ1) is 10.5.